The molecule has 114 valence electrons. The van der Waals surface area contributed by atoms with Crippen molar-refractivity contribution in [3.8, 4) is 0 Å². The summed E-state index contributed by atoms with van der Waals surface area (Å²) >= 11 is 1.92. The van der Waals surface area contributed by atoms with Gasteiger partial charge in [0, 0.05) is 12.8 Å². The van der Waals surface area contributed by atoms with Gasteiger partial charge in [-0.05, 0) is 55.4 Å². The first-order valence-electron chi connectivity index (χ1n) is 7.61. The summed E-state index contributed by atoms with van der Waals surface area (Å²) in [5.41, 5.74) is 0. The molecule has 2 bridgehead atoms. The molecule has 0 spiro atoms. The highest BCUT2D eigenvalue weighted by molar-refractivity contribution is 7.99. The van der Waals surface area contributed by atoms with Crippen molar-refractivity contribution in [3.05, 3.63) is 0 Å². The number of aliphatic carboxylic acids is 1. The Balaban J connectivity index is 1.65. The van der Waals surface area contributed by atoms with E-state index < -0.39 is 5.97 Å². The molecule has 0 radical (unpaired) electrons. The molecule has 0 aliphatic carbocycles. The third-order valence-electron chi connectivity index (χ3n) is 4.45. The second-order valence-electron chi connectivity index (χ2n) is 5.79. The first-order valence-corrected chi connectivity index (χ1v) is 8.76. The molecule has 0 amide bonds. The molecular weight excluding hydrogens is 276 g/mol. The van der Waals surface area contributed by atoms with E-state index in [0.29, 0.717) is 30.5 Å². The van der Waals surface area contributed by atoms with Crippen LogP contribution in [0.2, 0.25) is 0 Å². The van der Waals surface area contributed by atoms with Gasteiger partial charge >= 0.3 is 5.97 Å². The van der Waals surface area contributed by atoms with E-state index in [1.54, 1.807) is 0 Å². The number of aldehydes is 1. The molecule has 4 atom stereocenters. The Morgan fingerprint density at radius 1 is 1.25 bits per heavy atom. The third kappa shape index (κ3) is 4.22. The molecule has 4 nitrogen and oxygen atoms in total. The Bertz CT molecular complexity index is 334. The van der Waals surface area contributed by atoms with Gasteiger partial charge in [-0.1, -0.05) is 0 Å². The largest absolute Gasteiger partial charge is 0.481 e. The number of ether oxygens (including phenoxy) is 1. The first kappa shape index (κ1) is 15.8. The van der Waals surface area contributed by atoms with Gasteiger partial charge in [0.2, 0.25) is 0 Å². The van der Waals surface area contributed by atoms with E-state index in [4.69, 9.17) is 9.84 Å². The maximum absolute atomic E-state index is 10.6. The zero-order chi connectivity index (χ0) is 14.4. The van der Waals surface area contributed by atoms with E-state index in [-0.39, 0.29) is 6.42 Å². The highest BCUT2D eigenvalue weighted by Crippen LogP contribution is 2.46. The van der Waals surface area contributed by atoms with Crippen molar-refractivity contribution in [2.24, 2.45) is 11.8 Å². The summed E-state index contributed by atoms with van der Waals surface area (Å²) in [7, 11) is 0. The summed E-state index contributed by atoms with van der Waals surface area (Å²) in [6, 6.07) is 0. The van der Waals surface area contributed by atoms with Crippen molar-refractivity contribution in [1.82, 2.24) is 0 Å². The molecule has 0 unspecified atom stereocenters. The number of carbonyl (C=O) groups is 2. The van der Waals surface area contributed by atoms with E-state index in [9.17, 15) is 9.59 Å². The van der Waals surface area contributed by atoms with Crippen LogP contribution in [0.1, 0.15) is 44.9 Å². The van der Waals surface area contributed by atoms with Gasteiger partial charge in [-0.3, -0.25) is 4.79 Å². The average molecular weight is 300 g/mol. The van der Waals surface area contributed by atoms with Crippen molar-refractivity contribution in [3.63, 3.8) is 0 Å². The van der Waals surface area contributed by atoms with Crippen LogP contribution in [0.3, 0.4) is 0 Å². The van der Waals surface area contributed by atoms with Crippen molar-refractivity contribution >= 4 is 24.0 Å². The smallest absolute Gasteiger partial charge is 0.303 e. The fourth-order valence-corrected chi connectivity index (χ4v) is 4.77. The second kappa shape index (κ2) is 8.03. The van der Waals surface area contributed by atoms with Crippen LogP contribution in [0.25, 0.3) is 0 Å². The lowest BCUT2D eigenvalue weighted by atomic mass is 9.78. The van der Waals surface area contributed by atoms with Gasteiger partial charge in [0.05, 0.1) is 12.2 Å². The number of unbranched alkanes of at least 4 members (excludes halogenated alkanes) is 1. The standard InChI is InChI=1S/C15H24O4S/c16-8-3-4-11-12(14-7-6-13(11)19-14)10-20-9-2-1-5-15(17)18/h8,11-14H,1-7,9-10H2,(H,17,18)/t11-,12+,13-,14+/m0/s1. The normalized spacial score (nSPS) is 31.6. The van der Waals surface area contributed by atoms with Crippen molar-refractivity contribution < 1.29 is 19.4 Å². The number of fused-ring (bicyclic) bond motifs is 2. The molecule has 20 heavy (non-hydrogen) atoms. The Morgan fingerprint density at radius 3 is 2.70 bits per heavy atom. The number of rotatable bonds is 10. The van der Waals surface area contributed by atoms with Crippen LogP contribution in [0, 0.1) is 11.8 Å². The lowest BCUT2D eigenvalue weighted by molar-refractivity contribution is -0.137. The molecule has 5 heteroatoms. The van der Waals surface area contributed by atoms with Gasteiger partial charge in [-0.25, -0.2) is 0 Å². The number of hydrogen-bond donors (Lipinski definition) is 1. The minimum Gasteiger partial charge on any atom is -0.481 e. The van der Waals surface area contributed by atoms with Gasteiger partial charge in [0.15, 0.2) is 0 Å². The lowest BCUT2D eigenvalue weighted by Crippen LogP contribution is -2.29. The SMILES string of the molecule is O=CCC[C@H]1[C@@H](CSCCCCC(=O)O)[C@H]2CC[C@@H]1O2. The predicted molar refractivity (Wildman–Crippen MR) is 79.0 cm³/mol. The van der Waals surface area contributed by atoms with Crippen LogP contribution in [-0.2, 0) is 14.3 Å². The lowest BCUT2D eigenvalue weighted by Gasteiger charge is -2.27. The molecule has 2 saturated heterocycles. The molecule has 2 heterocycles. The van der Waals surface area contributed by atoms with Gasteiger partial charge in [0.1, 0.15) is 6.29 Å². The second-order valence-corrected chi connectivity index (χ2v) is 6.94. The first-order chi connectivity index (χ1) is 9.72. The molecule has 2 fully saturated rings. The summed E-state index contributed by atoms with van der Waals surface area (Å²) in [6.45, 7) is 0. The van der Waals surface area contributed by atoms with Crippen molar-refractivity contribution in [1.29, 1.82) is 0 Å². The third-order valence-corrected chi connectivity index (χ3v) is 5.65. The molecule has 0 aromatic carbocycles. The molecular formula is C15H24O4S. The topological polar surface area (TPSA) is 63.6 Å². The number of hydrogen-bond acceptors (Lipinski definition) is 4. The van der Waals surface area contributed by atoms with Gasteiger partial charge in [-0.2, -0.15) is 11.8 Å². The van der Waals surface area contributed by atoms with Gasteiger partial charge in [-0.15, -0.1) is 0 Å². The average Bonchev–Trinajstić information content (AvgIpc) is 3.01. The zero-order valence-electron chi connectivity index (χ0n) is 11.8. The Hall–Kier alpha value is -0.550. The Kier molecular flexibility index (Phi) is 6.36. The fraction of sp³-hybridized carbons (Fsp3) is 0.867. The molecule has 0 aromatic heterocycles. The quantitative estimate of drug-likeness (QED) is 0.496. The Morgan fingerprint density at radius 2 is 2.00 bits per heavy atom. The summed E-state index contributed by atoms with van der Waals surface area (Å²) in [4.78, 5) is 21.0. The highest BCUT2D eigenvalue weighted by Gasteiger charge is 2.47. The molecule has 1 N–H and O–H groups in total. The summed E-state index contributed by atoms with van der Waals surface area (Å²) in [5, 5.41) is 8.58. The maximum atomic E-state index is 10.6. The van der Waals surface area contributed by atoms with Crippen LogP contribution in [0.15, 0.2) is 0 Å². The van der Waals surface area contributed by atoms with Crippen molar-refractivity contribution in [2.45, 2.75) is 57.2 Å². The fourth-order valence-electron chi connectivity index (χ4n) is 3.46. The predicted octanol–water partition coefficient (Wildman–Crippen LogP) is 2.75. The van der Waals surface area contributed by atoms with E-state index in [2.05, 4.69) is 0 Å². The number of thioether (sulfide) groups is 1. The summed E-state index contributed by atoms with van der Waals surface area (Å²) in [5.74, 6) is 2.58. The van der Waals surface area contributed by atoms with Crippen molar-refractivity contribution in [2.75, 3.05) is 11.5 Å². The van der Waals surface area contributed by atoms with E-state index in [1.807, 2.05) is 11.8 Å². The zero-order valence-corrected chi connectivity index (χ0v) is 12.6. The van der Waals surface area contributed by atoms with E-state index in [1.165, 1.54) is 6.42 Å². The number of carboxylic acid groups (broad SMARTS) is 1. The van der Waals surface area contributed by atoms with Crippen LogP contribution in [0.4, 0.5) is 0 Å². The molecule has 2 aliphatic rings. The Labute approximate surface area is 124 Å². The maximum Gasteiger partial charge on any atom is 0.303 e. The number of carbonyl (C=O) groups excluding carboxylic acids is 1. The monoisotopic (exact) mass is 300 g/mol. The molecule has 0 saturated carbocycles. The van der Waals surface area contributed by atoms with Crippen LogP contribution in [0.5, 0.6) is 0 Å². The highest BCUT2D eigenvalue weighted by atomic mass is 32.2. The van der Waals surface area contributed by atoms with Crippen LogP contribution in [-0.4, -0.2) is 41.1 Å². The molecule has 0 aromatic rings. The molecule has 2 aliphatic heterocycles. The minimum absolute atomic E-state index is 0.278. The number of carboxylic acids is 1. The van der Waals surface area contributed by atoms with E-state index >= 15 is 0 Å². The molecule has 2 rings (SSSR count). The minimum atomic E-state index is -0.703. The van der Waals surface area contributed by atoms with Crippen LogP contribution < -0.4 is 0 Å². The van der Waals surface area contributed by atoms with Gasteiger partial charge < -0.3 is 14.6 Å². The van der Waals surface area contributed by atoms with E-state index in [0.717, 1.165) is 43.5 Å². The van der Waals surface area contributed by atoms with Crippen LogP contribution >= 0.6 is 11.8 Å². The summed E-state index contributed by atoms with van der Waals surface area (Å²) in [6.07, 6.45) is 7.77. The van der Waals surface area contributed by atoms with Gasteiger partial charge in [0.25, 0.3) is 0 Å². The summed E-state index contributed by atoms with van der Waals surface area (Å²) < 4.78 is 6.00.